The van der Waals surface area contributed by atoms with E-state index in [1.165, 1.54) is 13.1 Å². The summed E-state index contributed by atoms with van der Waals surface area (Å²) in [6.07, 6.45) is 0. The highest BCUT2D eigenvalue weighted by atomic mass is 19.2. The highest BCUT2D eigenvalue weighted by Gasteiger charge is 2.21. The molecule has 0 spiro atoms. The Hall–Kier alpha value is -1.98. The van der Waals surface area contributed by atoms with Crippen LogP contribution in [-0.4, -0.2) is 26.0 Å². The minimum atomic E-state index is -1.10. The molecule has 1 aromatic rings. The van der Waals surface area contributed by atoms with Crippen LogP contribution in [0.4, 0.5) is 14.5 Å². The summed E-state index contributed by atoms with van der Waals surface area (Å²) in [6.45, 7) is 0. The van der Waals surface area contributed by atoms with Crippen LogP contribution in [0.3, 0.4) is 0 Å². The molecular weight excluding hydrogens is 220 g/mol. The van der Waals surface area contributed by atoms with Gasteiger partial charge in [0.1, 0.15) is 0 Å². The van der Waals surface area contributed by atoms with Crippen LogP contribution in [0.2, 0.25) is 0 Å². The molecule has 0 heterocycles. The predicted molar refractivity (Wildman–Crippen MR) is 51.8 cm³/mol. The van der Waals surface area contributed by atoms with Crippen molar-refractivity contribution in [1.82, 2.24) is 0 Å². The predicted octanol–water partition coefficient (Wildman–Crippen LogP) is 1.10. The van der Waals surface area contributed by atoms with Crippen LogP contribution in [0.1, 0.15) is 0 Å². The Labute approximate surface area is 90.4 Å². The van der Waals surface area contributed by atoms with Gasteiger partial charge in [0, 0.05) is 18.8 Å². The maximum atomic E-state index is 12.9. The van der Waals surface area contributed by atoms with Crippen molar-refractivity contribution in [2.45, 2.75) is 0 Å². The Morgan fingerprint density at radius 1 is 1.25 bits per heavy atom. The number of likely N-dealkylation sites (N-methyl/N-ethyl adjacent to an activating group) is 1. The highest BCUT2D eigenvalue weighted by Crippen LogP contribution is 2.16. The van der Waals surface area contributed by atoms with Gasteiger partial charge in [-0.15, -0.1) is 0 Å². The summed E-state index contributed by atoms with van der Waals surface area (Å²) in [5.74, 6) is -4.16. The number of rotatable bonds is 1. The lowest BCUT2D eigenvalue weighted by Gasteiger charge is -2.15. The molecule has 0 fully saturated rings. The summed E-state index contributed by atoms with van der Waals surface area (Å²) < 4.78 is 29.7. The Bertz CT molecular complexity index is 434. The van der Waals surface area contributed by atoms with E-state index in [0.29, 0.717) is 0 Å². The molecule has 0 aliphatic carbocycles. The van der Waals surface area contributed by atoms with Gasteiger partial charge in [0.25, 0.3) is 0 Å². The van der Waals surface area contributed by atoms with Gasteiger partial charge in [0.2, 0.25) is 0 Å². The van der Waals surface area contributed by atoms with Crippen LogP contribution in [0.25, 0.3) is 0 Å². The minimum Gasteiger partial charge on any atom is -0.462 e. The second-order valence-corrected chi connectivity index (χ2v) is 2.95. The van der Waals surface area contributed by atoms with Gasteiger partial charge in [-0.25, -0.2) is 13.6 Å². The van der Waals surface area contributed by atoms with Crippen LogP contribution in [-0.2, 0) is 14.3 Å². The van der Waals surface area contributed by atoms with Gasteiger partial charge in [0.15, 0.2) is 11.6 Å². The number of ether oxygens (including phenoxy) is 1. The molecule has 0 atom stereocenters. The Kier molecular flexibility index (Phi) is 3.55. The van der Waals surface area contributed by atoms with E-state index in [1.54, 1.807) is 0 Å². The van der Waals surface area contributed by atoms with Gasteiger partial charge in [0.05, 0.1) is 7.11 Å². The van der Waals surface area contributed by atoms with Crippen molar-refractivity contribution in [1.29, 1.82) is 0 Å². The first-order valence-corrected chi connectivity index (χ1v) is 4.28. The fourth-order valence-electron chi connectivity index (χ4n) is 1.04. The molecule has 0 aliphatic heterocycles. The van der Waals surface area contributed by atoms with Crippen molar-refractivity contribution in [2.75, 3.05) is 19.1 Å². The normalized spacial score (nSPS) is 9.75. The summed E-state index contributed by atoms with van der Waals surface area (Å²) in [6, 6.07) is 2.86. The average molecular weight is 229 g/mol. The monoisotopic (exact) mass is 229 g/mol. The van der Waals surface area contributed by atoms with Crippen molar-refractivity contribution in [3.05, 3.63) is 29.8 Å². The van der Waals surface area contributed by atoms with E-state index in [1.807, 2.05) is 0 Å². The molecule has 16 heavy (non-hydrogen) atoms. The number of nitrogens with zero attached hydrogens (tertiary/aromatic N) is 1. The van der Waals surface area contributed by atoms with E-state index in [4.69, 9.17) is 0 Å². The number of esters is 1. The van der Waals surface area contributed by atoms with Crippen LogP contribution >= 0.6 is 0 Å². The molecule has 1 aromatic carbocycles. The van der Waals surface area contributed by atoms with Gasteiger partial charge < -0.3 is 9.64 Å². The zero-order valence-electron chi connectivity index (χ0n) is 8.66. The first kappa shape index (κ1) is 12.1. The molecule has 4 nitrogen and oxygen atoms in total. The lowest BCUT2D eigenvalue weighted by atomic mass is 10.2. The number of halogens is 2. The molecule has 0 aromatic heterocycles. The maximum Gasteiger partial charge on any atom is 0.397 e. The number of methoxy groups -OCH3 is 1. The lowest BCUT2D eigenvalue weighted by molar-refractivity contribution is -0.151. The fraction of sp³-hybridized carbons (Fsp3) is 0.200. The Balaban J connectivity index is 2.96. The van der Waals surface area contributed by atoms with Crippen molar-refractivity contribution in [3.63, 3.8) is 0 Å². The third-order valence-corrected chi connectivity index (χ3v) is 1.96. The molecule has 6 heteroatoms. The van der Waals surface area contributed by atoms with Gasteiger partial charge in [-0.2, -0.15) is 0 Å². The zero-order valence-corrected chi connectivity index (χ0v) is 8.66. The summed E-state index contributed by atoms with van der Waals surface area (Å²) in [7, 11) is 2.31. The highest BCUT2D eigenvalue weighted by molar-refractivity contribution is 6.37. The zero-order chi connectivity index (χ0) is 12.3. The third kappa shape index (κ3) is 2.33. The van der Waals surface area contributed by atoms with E-state index in [9.17, 15) is 18.4 Å². The number of hydrogen-bond acceptors (Lipinski definition) is 3. The van der Waals surface area contributed by atoms with E-state index >= 15 is 0 Å². The molecule has 0 aliphatic rings. The van der Waals surface area contributed by atoms with Crippen LogP contribution < -0.4 is 4.90 Å². The molecule has 1 amide bonds. The first-order chi connectivity index (χ1) is 7.47. The van der Waals surface area contributed by atoms with Crippen LogP contribution in [0, 0.1) is 11.6 Å². The molecule has 0 saturated heterocycles. The van der Waals surface area contributed by atoms with E-state index in [-0.39, 0.29) is 5.69 Å². The molecule has 0 radical (unpaired) electrons. The maximum absolute atomic E-state index is 12.9. The molecule has 86 valence electrons. The lowest BCUT2D eigenvalue weighted by Crippen LogP contribution is -2.34. The minimum absolute atomic E-state index is 0.0642. The van der Waals surface area contributed by atoms with Crippen molar-refractivity contribution in [2.24, 2.45) is 0 Å². The summed E-state index contributed by atoms with van der Waals surface area (Å²) in [4.78, 5) is 23.1. The smallest absolute Gasteiger partial charge is 0.397 e. The second kappa shape index (κ2) is 4.69. The number of anilines is 1. The topological polar surface area (TPSA) is 46.6 Å². The Morgan fingerprint density at radius 3 is 2.38 bits per heavy atom. The SMILES string of the molecule is COC(=O)C(=O)N(C)c1ccc(F)c(F)c1. The number of amides is 1. The molecule has 1 rings (SSSR count). The number of benzene rings is 1. The molecule has 0 saturated carbocycles. The first-order valence-electron chi connectivity index (χ1n) is 4.28. The van der Waals surface area contributed by atoms with Gasteiger partial charge in [-0.3, -0.25) is 4.79 Å². The number of hydrogen-bond donors (Lipinski definition) is 0. The van der Waals surface area contributed by atoms with Crippen LogP contribution in [0.5, 0.6) is 0 Å². The van der Waals surface area contributed by atoms with Gasteiger partial charge in [-0.1, -0.05) is 0 Å². The molecule has 0 unspecified atom stereocenters. The largest absolute Gasteiger partial charge is 0.462 e. The molecule has 0 N–H and O–H groups in total. The quantitative estimate of drug-likeness (QED) is 0.535. The van der Waals surface area contributed by atoms with Gasteiger partial charge in [-0.05, 0) is 12.1 Å². The fourth-order valence-corrected chi connectivity index (χ4v) is 1.04. The number of carbonyl (C=O) groups is 2. The standard InChI is InChI=1S/C10H9F2NO3/c1-13(9(14)10(15)16-2)6-3-4-7(11)8(12)5-6/h3-5H,1-2H3. The molecule has 0 bridgehead atoms. The van der Waals surface area contributed by atoms with E-state index < -0.39 is 23.5 Å². The Morgan fingerprint density at radius 2 is 1.88 bits per heavy atom. The van der Waals surface area contributed by atoms with Crippen LogP contribution in [0.15, 0.2) is 18.2 Å². The molecular formula is C10H9F2NO3. The van der Waals surface area contributed by atoms with Crippen molar-refractivity contribution < 1.29 is 23.1 Å². The number of carbonyl (C=O) groups excluding carboxylic acids is 2. The second-order valence-electron chi connectivity index (χ2n) is 2.95. The summed E-state index contributed by atoms with van der Waals surface area (Å²) >= 11 is 0. The van der Waals surface area contributed by atoms with Crippen molar-refractivity contribution in [3.8, 4) is 0 Å². The van der Waals surface area contributed by atoms with E-state index in [0.717, 1.165) is 24.1 Å². The summed E-state index contributed by atoms with van der Waals surface area (Å²) in [5, 5.41) is 0. The summed E-state index contributed by atoms with van der Waals surface area (Å²) in [5.41, 5.74) is 0.0642. The van der Waals surface area contributed by atoms with E-state index in [2.05, 4.69) is 4.74 Å². The average Bonchev–Trinajstić information content (AvgIpc) is 2.29. The van der Waals surface area contributed by atoms with Crippen molar-refractivity contribution >= 4 is 17.6 Å². The third-order valence-electron chi connectivity index (χ3n) is 1.96. The van der Waals surface area contributed by atoms with Gasteiger partial charge >= 0.3 is 11.9 Å².